The molecule has 0 heterocycles. The van der Waals surface area contributed by atoms with Gasteiger partial charge < -0.3 is 4.90 Å². The zero-order valence-electron chi connectivity index (χ0n) is 11.5. The lowest BCUT2D eigenvalue weighted by Crippen LogP contribution is -2.43. The number of carbonyl (C=O) groups is 1. The molecule has 0 unspecified atom stereocenters. The fourth-order valence-electron chi connectivity index (χ4n) is 2.30. The summed E-state index contributed by atoms with van der Waals surface area (Å²) in [4.78, 5) is 13.9. The first-order valence-electron chi connectivity index (χ1n) is 6.09. The van der Waals surface area contributed by atoms with Crippen LogP contribution in [0.4, 0.5) is 0 Å². The van der Waals surface area contributed by atoms with Gasteiger partial charge in [-0.25, -0.2) is 0 Å². The number of allylic oxidation sites excluding steroid dienone is 2. The maximum atomic E-state index is 12.2. The molecule has 0 bridgehead atoms. The Balaban J connectivity index is 3.17. The van der Waals surface area contributed by atoms with Crippen molar-refractivity contribution >= 4 is 40.7 Å². The molecule has 0 aliphatic heterocycles. The highest BCUT2D eigenvalue weighted by molar-refractivity contribution is 6.76. The van der Waals surface area contributed by atoms with Crippen molar-refractivity contribution in [2.24, 2.45) is 5.41 Å². The monoisotopic (exact) mass is 311 g/mol. The molecule has 0 spiro atoms. The van der Waals surface area contributed by atoms with E-state index < -0.39 is 9.70 Å². The average molecular weight is 313 g/mol. The lowest BCUT2D eigenvalue weighted by molar-refractivity contribution is -0.129. The Labute approximate surface area is 124 Å². The Kier molecular flexibility index (Phi) is 4.68. The molecule has 1 rings (SSSR count). The van der Waals surface area contributed by atoms with E-state index in [4.69, 9.17) is 34.8 Å². The van der Waals surface area contributed by atoms with Gasteiger partial charge in [0.1, 0.15) is 0 Å². The second-order valence-electron chi connectivity index (χ2n) is 5.72. The number of alkyl halides is 3. The maximum absolute atomic E-state index is 12.2. The molecule has 1 amide bonds. The van der Waals surface area contributed by atoms with Crippen LogP contribution in [0.1, 0.15) is 47.5 Å². The first-order chi connectivity index (χ1) is 7.98. The minimum Gasteiger partial charge on any atom is -0.310 e. The van der Waals surface area contributed by atoms with Crippen molar-refractivity contribution in [3.05, 3.63) is 11.3 Å². The van der Waals surface area contributed by atoms with Crippen LogP contribution in [0.25, 0.3) is 0 Å². The highest BCUT2D eigenvalue weighted by Crippen LogP contribution is 2.44. The van der Waals surface area contributed by atoms with Crippen molar-refractivity contribution < 1.29 is 4.79 Å². The molecule has 104 valence electrons. The first kappa shape index (κ1) is 16.1. The standard InChI is InChI=1S/C13H20Cl3NO/c1-8(2)17(11(18)13(14,15)16)10-6-7-12(4,5)9(10)3/h8H,6-7H2,1-5H3. The predicted molar refractivity (Wildman–Crippen MR) is 78.0 cm³/mol. The minimum absolute atomic E-state index is 0.0213. The van der Waals surface area contributed by atoms with E-state index in [1.54, 1.807) is 4.90 Å². The van der Waals surface area contributed by atoms with Crippen LogP contribution in [0.15, 0.2) is 11.3 Å². The SMILES string of the molecule is CC1=C(N(C(=O)C(Cl)(Cl)Cl)C(C)C)CCC1(C)C. The highest BCUT2D eigenvalue weighted by atomic mass is 35.6. The minimum atomic E-state index is -1.90. The predicted octanol–water partition coefficient (Wildman–Crippen LogP) is 4.69. The van der Waals surface area contributed by atoms with Crippen LogP contribution < -0.4 is 0 Å². The van der Waals surface area contributed by atoms with Gasteiger partial charge in [-0.3, -0.25) is 4.79 Å². The third-order valence-corrected chi connectivity index (χ3v) is 4.19. The van der Waals surface area contributed by atoms with Crippen LogP contribution in [0.3, 0.4) is 0 Å². The third kappa shape index (κ3) is 3.15. The fraction of sp³-hybridized carbons (Fsp3) is 0.769. The molecule has 0 saturated heterocycles. The van der Waals surface area contributed by atoms with E-state index in [9.17, 15) is 4.79 Å². The number of rotatable bonds is 2. The molecule has 18 heavy (non-hydrogen) atoms. The van der Waals surface area contributed by atoms with Crippen molar-refractivity contribution in [3.63, 3.8) is 0 Å². The third-order valence-electron chi connectivity index (χ3n) is 3.70. The van der Waals surface area contributed by atoms with Crippen molar-refractivity contribution in [3.8, 4) is 0 Å². The Morgan fingerprint density at radius 1 is 1.33 bits per heavy atom. The summed E-state index contributed by atoms with van der Waals surface area (Å²) in [5, 5.41) is 0. The normalized spacial score (nSPS) is 19.6. The molecule has 0 atom stereocenters. The van der Waals surface area contributed by atoms with E-state index >= 15 is 0 Å². The lowest BCUT2D eigenvalue weighted by atomic mass is 9.87. The second-order valence-corrected chi connectivity index (χ2v) is 8.00. The zero-order chi connectivity index (χ0) is 14.3. The molecule has 0 aromatic heterocycles. The van der Waals surface area contributed by atoms with Gasteiger partial charge in [0.05, 0.1) is 0 Å². The van der Waals surface area contributed by atoms with Gasteiger partial charge in [-0.05, 0) is 44.6 Å². The molecular formula is C13H20Cl3NO. The maximum Gasteiger partial charge on any atom is 0.279 e. The average Bonchev–Trinajstić information content (AvgIpc) is 2.43. The van der Waals surface area contributed by atoms with E-state index in [1.807, 2.05) is 13.8 Å². The van der Waals surface area contributed by atoms with Crippen LogP contribution >= 0.6 is 34.8 Å². The fourth-order valence-corrected chi connectivity index (χ4v) is 2.58. The van der Waals surface area contributed by atoms with Gasteiger partial charge in [-0.1, -0.05) is 48.7 Å². The largest absolute Gasteiger partial charge is 0.310 e. The van der Waals surface area contributed by atoms with Crippen molar-refractivity contribution in [2.45, 2.75) is 57.3 Å². The molecule has 0 aromatic rings. The van der Waals surface area contributed by atoms with Crippen molar-refractivity contribution in [2.75, 3.05) is 0 Å². The summed E-state index contributed by atoms with van der Waals surface area (Å²) in [7, 11) is 0. The molecule has 0 aromatic carbocycles. The van der Waals surface area contributed by atoms with Crippen LogP contribution in [0, 0.1) is 5.41 Å². The summed E-state index contributed by atoms with van der Waals surface area (Å²) in [6.45, 7) is 10.3. The lowest BCUT2D eigenvalue weighted by Gasteiger charge is -2.32. The van der Waals surface area contributed by atoms with Crippen LogP contribution in [-0.2, 0) is 4.79 Å². The Morgan fingerprint density at radius 2 is 1.83 bits per heavy atom. The van der Waals surface area contributed by atoms with Gasteiger partial charge in [0, 0.05) is 11.7 Å². The molecule has 5 heteroatoms. The summed E-state index contributed by atoms with van der Waals surface area (Å²) in [6, 6.07) is -0.0213. The number of hydrogen-bond donors (Lipinski definition) is 0. The summed E-state index contributed by atoms with van der Waals surface area (Å²) in [6.07, 6.45) is 1.87. The van der Waals surface area contributed by atoms with Crippen LogP contribution in [-0.4, -0.2) is 20.6 Å². The van der Waals surface area contributed by atoms with Crippen molar-refractivity contribution in [1.29, 1.82) is 0 Å². The molecule has 1 aliphatic rings. The summed E-state index contributed by atoms with van der Waals surface area (Å²) < 4.78 is -1.90. The molecular weight excluding hydrogens is 293 g/mol. The summed E-state index contributed by atoms with van der Waals surface area (Å²) in [5.74, 6) is -0.463. The Hall–Kier alpha value is 0.0800. The van der Waals surface area contributed by atoms with Gasteiger partial charge in [-0.15, -0.1) is 0 Å². The van der Waals surface area contributed by atoms with E-state index in [2.05, 4.69) is 20.8 Å². The Morgan fingerprint density at radius 3 is 2.11 bits per heavy atom. The van der Waals surface area contributed by atoms with E-state index in [0.29, 0.717) is 0 Å². The zero-order valence-corrected chi connectivity index (χ0v) is 13.7. The van der Waals surface area contributed by atoms with E-state index in [0.717, 1.165) is 18.5 Å². The van der Waals surface area contributed by atoms with E-state index in [-0.39, 0.29) is 11.5 Å². The molecule has 0 N–H and O–H groups in total. The van der Waals surface area contributed by atoms with Crippen LogP contribution in [0.5, 0.6) is 0 Å². The molecule has 0 saturated carbocycles. The molecule has 2 nitrogen and oxygen atoms in total. The van der Waals surface area contributed by atoms with Gasteiger partial charge in [0.2, 0.25) is 0 Å². The van der Waals surface area contributed by atoms with E-state index in [1.165, 1.54) is 5.57 Å². The summed E-state index contributed by atoms with van der Waals surface area (Å²) >= 11 is 17.2. The Bertz CT molecular complexity index is 380. The molecule has 1 aliphatic carbocycles. The quantitative estimate of drug-likeness (QED) is 0.677. The summed E-state index contributed by atoms with van der Waals surface area (Å²) in [5.41, 5.74) is 2.32. The highest BCUT2D eigenvalue weighted by Gasteiger charge is 2.41. The van der Waals surface area contributed by atoms with Crippen LogP contribution in [0.2, 0.25) is 0 Å². The molecule has 0 fully saturated rings. The van der Waals surface area contributed by atoms with Gasteiger partial charge in [0.25, 0.3) is 9.70 Å². The number of hydrogen-bond acceptors (Lipinski definition) is 1. The molecule has 0 radical (unpaired) electrons. The van der Waals surface area contributed by atoms with Gasteiger partial charge in [-0.2, -0.15) is 0 Å². The number of carbonyl (C=O) groups excluding carboxylic acids is 1. The second kappa shape index (κ2) is 5.22. The van der Waals surface area contributed by atoms with Crippen molar-refractivity contribution in [1.82, 2.24) is 4.90 Å². The number of halogens is 3. The topological polar surface area (TPSA) is 20.3 Å². The smallest absolute Gasteiger partial charge is 0.279 e. The number of amides is 1. The number of nitrogens with zero attached hydrogens (tertiary/aromatic N) is 1. The van der Waals surface area contributed by atoms with Gasteiger partial charge in [0.15, 0.2) is 0 Å². The van der Waals surface area contributed by atoms with Gasteiger partial charge >= 0.3 is 0 Å². The first-order valence-corrected chi connectivity index (χ1v) is 7.22.